The van der Waals surface area contributed by atoms with E-state index < -0.39 is 12.2 Å². The Morgan fingerprint density at radius 2 is 1.80 bits per heavy atom. The van der Waals surface area contributed by atoms with Crippen LogP contribution in [0.1, 0.15) is 18.4 Å². The second-order valence-electron chi connectivity index (χ2n) is 10.3. The van der Waals surface area contributed by atoms with Gasteiger partial charge in [0.15, 0.2) is 11.4 Å². The van der Waals surface area contributed by atoms with E-state index in [0.717, 1.165) is 67.3 Å². The number of aliphatic hydroxyl groups is 2. The van der Waals surface area contributed by atoms with Crippen molar-refractivity contribution in [1.82, 2.24) is 15.0 Å². The number of para-hydroxylation sites is 1. The molecule has 186 valence electrons. The molecule has 0 amide bonds. The van der Waals surface area contributed by atoms with E-state index in [-0.39, 0.29) is 0 Å². The van der Waals surface area contributed by atoms with E-state index in [1.807, 2.05) is 30.3 Å². The van der Waals surface area contributed by atoms with E-state index in [0.29, 0.717) is 31.6 Å². The molecule has 3 aliphatic heterocycles. The zero-order valence-corrected chi connectivity index (χ0v) is 20.0. The number of hydrogen-bond donors (Lipinski definition) is 2. The molecule has 3 aliphatic rings. The van der Waals surface area contributed by atoms with Gasteiger partial charge >= 0.3 is 0 Å². The minimum Gasteiger partial charge on any atom is -0.493 e. The average Bonchev–Trinajstić information content (AvgIpc) is 3.45. The van der Waals surface area contributed by atoms with E-state index in [1.165, 1.54) is 6.42 Å². The second kappa shape index (κ2) is 9.78. The lowest BCUT2D eigenvalue weighted by molar-refractivity contribution is 0.0572. The molecule has 0 spiro atoms. The number of ether oxygens (including phenoxy) is 1. The van der Waals surface area contributed by atoms with Crippen LogP contribution in [0.25, 0.3) is 11.0 Å². The Bertz CT molecular complexity index is 1140. The number of β-amino-alcohol motifs (C(OH)–C–C–N with tert-alkyl or cyclic N) is 2. The largest absolute Gasteiger partial charge is 0.493 e. The summed E-state index contributed by atoms with van der Waals surface area (Å²) in [6.07, 6.45) is 1.03. The number of piperazine rings is 1. The molecule has 3 saturated heterocycles. The maximum absolute atomic E-state index is 9.79. The summed E-state index contributed by atoms with van der Waals surface area (Å²) in [7, 11) is 0. The fraction of sp³-hybridized carbons (Fsp3) is 0.519. The quantitative estimate of drug-likeness (QED) is 0.559. The minimum atomic E-state index is -0.651. The molecule has 2 N–H and O–H groups in total. The first-order valence-corrected chi connectivity index (χ1v) is 12.8. The Balaban J connectivity index is 1.01. The third-order valence-corrected chi connectivity index (χ3v) is 7.79. The van der Waals surface area contributed by atoms with Gasteiger partial charge in [0.2, 0.25) is 0 Å². The van der Waals surface area contributed by atoms with Gasteiger partial charge in [0.1, 0.15) is 5.75 Å². The van der Waals surface area contributed by atoms with Crippen molar-refractivity contribution in [2.24, 2.45) is 5.92 Å². The standard InChI is InChI=1S/C27H34N4O4/c32-24-16-29(17-25(24)33)13-19-4-3-5-22(12-19)34-18-20-8-9-21-15-31(11-10-30(21)14-20)27-23-6-1-2-7-26(23)35-28-27/h1-7,12,20-21,24-25,32-33H,8-11,13-18H2/t20-,21-,24?,25?/m0/s1. The molecule has 0 bridgehead atoms. The van der Waals surface area contributed by atoms with Crippen molar-refractivity contribution in [3.63, 3.8) is 0 Å². The number of benzene rings is 2. The van der Waals surface area contributed by atoms with Crippen molar-refractivity contribution in [3.8, 4) is 5.75 Å². The molecule has 35 heavy (non-hydrogen) atoms. The lowest BCUT2D eigenvalue weighted by Crippen LogP contribution is -2.57. The second-order valence-corrected chi connectivity index (χ2v) is 10.3. The van der Waals surface area contributed by atoms with Gasteiger partial charge in [0.25, 0.3) is 0 Å². The van der Waals surface area contributed by atoms with Crippen LogP contribution in [0.5, 0.6) is 5.75 Å². The zero-order chi connectivity index (χ0) is 23.8. The predicted octanol–water partition coefficient (Wildman–Crippen LogP) is 2.34. The molecule has 0 radical (unpaired) electrons. The summed E-state index contributed by atoms with van der Waals surface area (Å²) in [4.78, 5) is 7.08. The third-order valence-electron chi connectivity index (χ3n) is 7.79. The topological polar surface area (TPSA) is 85.4 Å². The third kappa shape index (κ3) is 4.89. The molecule has 0 aliphatic carbocycles. The van der Waals surface area contributed by atoms with Crippen molar-refractivity contribution in [1.29, 1.82) is 0 Å². The highest BCUT2D eigenvalue weighted by Gasteiger charge is 2.34. The number of aromatic nitrogens is 1. The average molecular weight is 479 g/mol. The Hall–Kier alpha value is -2.65. The van der Waals surface area contributed by atoms with Gasteiger partial charge in [0.05, 0.1) is 24.2 Å². The van der Waals surface area contributed by atoms with E-state index in [1.54, 1.807) is 0 Å². The van der Waals surface area contributed by atoms with E-state index in [9.17, 15) is 10.2 Å². The van der Waals surface area contributed by atoms with Crippen molar-refractivity contribution in [2.45, 2.75) is 37.6 Å². The summed E-state index contributed by atoms with van der Waals surface area (Å²) in [5.74, 6) is 2.40. The molecular weight excluding hydrogens is 444 g/mol. The van der Waals surface area contributed by atoms with Crippen LogP contribution in [0.3, 0.4) is 0 Å². The molecule has 8 heteroatoms. The van der Waals surface area contributed by atoms with Gasteiger partial charge in [-0.05, 0) is 42.7 Å². The van der Waals surface area contributed by atoms with Gasteiger partial charge in [-0.2, -0.15) is 0 Å². The van der Waals surface area contributed by atoms with Gasteiger partial charge in [-0.15, -0.1) is 0 Å². The highest BCUT2D eigenvalue weighted by atomic mass is 16.5. The van der Waals surface area contributed by atoms with Crippen LogP contribution in [0.2, 0.25) is 0 Å². The van der Waals surface area contributed by atoms with Gasteiger partial charge < -0.3 is 24.4 Å². The molecule has 3 aromatic rings. The van der Waals surface area contributed by atoms with E-state index >= 15 is 0 Å². The maximum atomic E-state index is 9.79. The predicted molar refractivity (Wildman–Crippen MR) is 134 cm³/mol. The SMILES string of the molecule is OC1CN(Cc2cccc(OC[C@H]3CC[C@H]4CN(c5noc6ccccc56)CCN4C3)c2)CC1O. The highest BCUT2D eigenvalue weighted by Crippen LogP contribution is 2.31. The number of nitrogens with zero attached hydrogens (tertiary/aromatic N) is 4. The fourth-order valence-electron chi connectivity index (χ4n) is 5.87. The molecule has 2 unspecified atom stereocenters. The van der Waals surface area contributed by atoms with Crippen LogP contribution in [0.4, 0.5) is 5.82 Å². The fourth-order valence-corrected chi connectivity index (χ4v) is 5.87. The lowest BCUT2D eigenvalue weighted by Gasteiger charge is -2.46. The number of rotatable bonds is 6. The summed E-state index contributed by atoms with van der Waals surface area (Å²) < 4.78 is 11.8. The summed E-state index contributed by atoms with van der Waals surface area (Å²) in [5, 5.41) is 25.0. The van der Waals surface area contributed by atoms with Gasteiger partial charge in [-0.25, -0.2) is 0 Å². The van der Waals surface area contributed by atoms with E-state index in [4.69, 9.17) is 9.26 Å². The van der Waals surface area contributed by atoms with Gasteiger partial charge in [0, 0.05) is 57.8 Å². The number of anilines is 1. The molecular formula is C27H34N4O4. The maximum Gasteiger partial charge on any atom is 0.180 e. The molecule has 4 atom stereocenters. The molecule has 2 aromatic carbocycles. The number of fused-ring (bicyclic) bond motifs is 2. The van der Waals surface area contributed by atoms with Crippen LogP contribution in [-0.4, -0.2) is 89.3 Å². The van der Waals surface area contributed by atoms with Crippen LogP contribution in [-0.2, 0) is 6.54 Å². The van der Waals surface area contributed by atoms with Crippen LogP contribution >= 0.6 is 0 Å². The van der Waals surface area contributed by atoms with Crippen molar-refractivity contribution in [2.75, 3.05) is 50.8 Å². The molecule has 3 fully saturated rings. The van der Waals surface area contributed by atoms with Gasteiger partial charge in [-0.3, -0.25) is 9.80 Å². The molecule has 1 aromatic heterocycles. The monoisotopic (exact) mass is 478 g/mol. The smallest absolute Gasteiger partial charge is 0.180 e. The minimum absolute atomic E-state index is 0.510. The Morgan fingerprint density at radius 3 is 2.69 bits per heavy atom. The van der Waals surface area contributed by atoms with E-state index in [2.05, 4.69) is 38.1 Å². The lowest BCUT2D eigenvalue weighted by atomic mass is 9.91. The molecule has 4 heterocycles. The zero-order valence-electron chi connectivity index (χ0n) is 20.0. The molecule has 6 rings (SSSR count). The van der Waals surface area contributed by atoms with Crippen molar-refractivity contribution >= 4 is 16.8 Å². The summed E-state index contributed by atoms with van der Waals surface area (Å²) in [6, 6.07) is 16.8. The molecule has 0 saturated carbocycles. The first kappa shape index (κ1) is 22.8. The normalized spacial score (nSPS) is 27.9. The Labute approximate surface area is 205 Å². The van der Waals surface area contributed by atoms with Crippen molar-refractivity contribution in [3.05, 3.63) is 54.1 Å². The van der Waals surface area contributed by atoms with Crippen LogP contribution in [0, 0.1) is 5.92 Å². The number of aliphatic hydroxyl groups excluding tert-OH is 2. The van der Waals surface area contributed by atoms with Crippen LogP contribution in [0.15, 0.2) is 53.1 Å². The Kier molecular flexibility index (Phi) is 6.37. The van der Waals surface area contributed by atoms with Crippen LogP contribution < -0.4 is 9.64 Å². The highest BCUT2D eigenvalue weighted by molar-refractivity contribution is 5.88. The van der Waals surface area contributed by atoms with Crippen molar-refractivity contribution < 1.29 is 19.5 Å². The summed E-state index contributed by atoms with van der Waals surface area (Å²) >= 11 is 0. The van der Waals surface area contributed by atoms with Gasteiger partial charge in [-0.1, -0.05) is 29.4 Å². The molecule has 8 nitrogen and oxygen atoms in total. The first-order valence-electron chi connectivity index (χ1n) is 12.8. The number of piperidine rings is 1. The first-order chi connectivity index (χ1) is 17.1. The summed E-state index contributed by atoms with van der Waals surface area (Å²) in [6.45, 7) is 6.51. The number of hydrogen-bond acceptors (Lipinski definition) is 8. The Morgan fingerprint density at radius 1 is 0.943 bits per heavy atom. The summed E-state index contributed by atoms with van der Waals surface area (Å²) in [5.41, 5.74) is 1.99. The number of likely N-dealkylation sites (tertiary alicyclic amines) is 1.